The maximum Gasteiger partial charge on any atom is 0.245 e. The van der Waals surface area contributed by atoms with Gasteiger partial charge in [-0.25, -0.2) is 8.42 Å². The predicted molar refractivity (Wildman–Crippen MR) is 86.7 cm³/mol. The van der Waals surface area contributed by atoms with E-state index in [0.717, 1.165) is 12.1 Å². The standard InChI is InChI=1S/C15H21ClN2O2S/c1-4-9-18(10-5-2)21(19,20)15-11-13(12-17-6-3)7-8-14(15)16/h1,7-8,11,17H,5-6,9-10,12H2,2-3H3. The second-order valence-corrected chi connectivity index (χ2v) is 6.90. The first-order valence-corrected chi connectivity index (χ1v) is 8.71. The molecule has 0 saturated carbocycles. The summed E-state index contributed by atoms with van der Waals surface area (Å²) in [6.45, 7) is 5.72. The Morgan fingerprint density at radius 3 is 2.67 bits per heavy atom. The van der Waals surface area contributed by atoms with Crippen LogP contribution >= 0.6 is 11.6 Å². The van der Waals surface area contributed by atoms with Crippen molar-refractivity contribution in [3.05, 3.63) is 28.8 Å². The van der Waals surface area contributed by atoms with Crippen LogP contribution in [0.3, 0.4) is 0 Å². The van der Waals surface area contributed by atoms with Crippen LogP contribution in [0.2, 0.25) is 5.02 Å². The number of terminal acetylenes is 1. The zero-order valence-electron chi connectivity index (χ0n) is 12.4. The highest BCUT2D eigenvalue weighted by molar-refractivity contribution is 7.89. The number of nitrogens with zero attached hydrogens (tertiary/aromatic N) is 1. The number of rotatable bonds is 8. The zero-order valence-corrected chi connectivity index (χ0v) is 14.0. The molecule has 0 aliphatic carbocycles. The summed E-state index contributed by atoms with van der Waals surface area (Å²) < 4.78 is 26.7. The maximum atomic E-state index is 12.7. The summed E-state index contributed by atoms with van der Waals surface area (Å²) in [5, 5.41) is 3.37. The zero-order chi connectivity index (χ0) is 15.9. The molecule has 116 valence electrons. The molecule has 21 heavy (non-hydrogen) atoms. The summed E-state index contributed by atoms with van der Waals surface area (Å²) in [5.74, 6) is 2.39. The quantitative estimate of drug-likeness (QED) is 0.746. The Morgan fingerprint density at radius 1 is 1.38 bits per heavy atom. The van der Waals surface area contributed by atoms with Crippen molar-refractivity contribution < 1.29 is 8.42 Å². The van der Waals surface area contributed by atoms with Gasteiger partial charge in [0.15, 0.2) is 0 Å². The lowest BCUT2D eigenvalue weighted by atomic mass is 10.2. The fraction of sp³-hybridized carbons (Fsp3) is 0.467. The van der Waals surface area contributed by atoms with Gasteiger partial charge in [-0.3, -0.25) is 0 Å². The maximum absolute atomic E-state index is 12.7. The second kappa shape index (κ2) is 8.40. The fourth-order valence-electron chi connectivity index (χ4n) is 1.90. The van der Waals surface area contributed by atoms with Crippen molar-refractivity contribution >= 4 is 21.6 Å². The van der Waals surface area contributed by atoms with Gasteiger partial charge in [0.1, 0.15) is 4.90 Å². The van der Waals surface area contributed by atoms with Crippen LogP contribution in [0.1, 0.15) is 25.8 Å². The monoisotopic (exact) mass is 328 g/mol. The van der Waals surface area contributed by atoms with Gasteiger partial charge in [-0.15, -0.1) is 6.42 Å². The molecule has 4 nitrogen and oxygen atoms in total. The van der Waals surface area contributed by atoms with E-state index in [1.165, 1.54) is 4.31 Å². The average Bonchev–Trinajstić information content (AvgIpc) is 2.46. The van der Waals surface area contributed by atoms with E-state index in [1.807, 2.05) is 19.9 Å². The van der Waals surface area contributed by atoms with Crippen molar-refractivity contribution in [3.8, 4) is 12.3 Å². The molecule has 0 atom stereocenters. The smallest absolute Gasteiger partial charge is 0.245 e. The molecule has 0 radical (unpaired) electrons. The highest BCUT2D eigenvalue weighted by atomic mass is 35.5. The number of sulfonamides is 1. The van der Waals surface area contributed by atoms with Crippen molar-refractivity contribution in [2.45, 2.75) is 31.7 Å². The van der Waals surface area contributed by atoms with Crippen LogP contribution in [0, 0.1) is 12.3 Å². The topological polar surface area (TPSA) is 49.4 Å². The van der Waals surface area contributed by atoms with Crippen LogP contribution in [-0.4, -0.2) is 32.4 Å². The van der Waals surface area contributed by atoms with E-state index in [2.05, 4.69) is 11.2 Å². The first-order valence-electron chi connectivity index (χ1n) is 6.90. The number of nitrogens with one attached hydrogen (secondary N) is 1. The van der Waals surface area contributed by atoms with Gasteiger partial charge in [0, 0.05) is 13.1 Å². The first kappa shape index (κ1) is 18.0. The molecule has 0 aromatic heterocycles. The van der Waals surface area contributed by atoms with E-state index < -0.39 is 10.0 Å². The van der Waals surface area contributed by atoms with Crippen molar-refractivity contribution in [1.82, 2.24) is 9.62 Å². The highest BCUT2D eigenvalue weighted by Gasteiger charge is 2.25. The Labute approximate surface area is 132 Å². The number of hydrogen-bond acceptors (Lipinski definition) is 3. The summed E-state index contributed by atoms with van der Waals surface area (Å²) in [4.78, 5) is 0.114. The summed E-state index contributed by atoms with van der Waals surface area (Å²) >= 11 is 6.08. The minimum atomic E-state index is -3.67. The first-order chi connectivity index (χ1) is 9.97. The van der Waals surface area contributed by atoms with Gasteiger partial charge >= 0.3 is 0 Å². The summed E-state index contributed by atoms with van der Waals surface area (Å²) in [6, 6.07) is 5.04. The number of halogens is 1. The van der Waals surface area contributed by atoms with Crippen LogP contribution in [0.15, 0.2) is 23.1 Å². The number of hydrogen-bond donors (Lipinski definition) is 1. The molecular formula is C15H21ClN2O2S. The molecule has 0 spiro atoms. The SMILES string of the molecule is C#CCN(CCC)S(=O)(=O)c1cc(CNCC)ccc1Cl. The Morgan fingerprint density at radius 2 is 2.10 bits per heavy atom. The minimum absolute atomic E-state index is 0.0456. The van der Waals surface area contributed by atoms with Gasteiger partial charge in [-0.05, 0) is 30.7 Å². The van der Waals surface area contributed by atoms with Gasteiger partial charge in [-0.1, -0.05) is 37.4 Å². The van der Waals surface area contributed by atoms with Crippen molar-refractivity contribution in [2.24, 2.45) is 0 Å². The van der Waals surface area contributed by atoms with E-state index in [0.29, 0.717) is 19.5 Å². The largest absolute Gasteiger partial charge is 0.313 e. The predicted octanol–water partition coefficient (Wildman–Crippen LogP) is 2.48. The third kappa shape index (κ3) is 4.72. The van der Waals surface area contributed by atoms with Crippen LogP contribution in [0.4, 0.5) is 0 Å². The Bertz CT molecular complexity index is 609. The lowest BCUT2D eigenvalue weighted by Gasteiger charge is -2.20. The molecule has 0 fully saturated rings. The van der Waals surface area contributed by atoms with E-state index in [1.54, 1.807) is 12.1 Å². The highest BCUT2D eigenvalue weighted by Crippen LogP contribution is 2.26. The van der Waals surface area contributed by atoms with Gasteiger partial charge in [-0.2, -0.15) is 4.31 Å². The van der Waals surface area contributed by atoms with Gasteiger partial charge in [0.2, 0.25) is 10.0 Å². The molecule has 1 rings (SSSR count). The molecule has 0 saturated heterocycles. The average molecular weight is 329 g/mol. The Kier molecular flexibility index (Phi) is 7.20. The van der Waals surface area contributed by atoms with E-state index >= 15 is 0 Å². The summed E-state index contributed by atoms with van der Waals surface area (Å²) in [7, 11) is -3.67. The van der Waals surface area contributed by atoms with Crippen LogP contribution < -0.4 is 5.32 Å². The molecule has 1 aromatic rings. The van der Waals surface area contributed by atoms with Crippen LogP contribution in [0.5, 0.6) is 0 Å². The van der Waals surface area contributed by atoms with Crippen molar-refractivity contribution in [3.63, 3.8) is 0 Å². The molecule has 0 aliphatic heterocycles. The lowest BCUT2D eigenvalue weighted by molar-refractivity contribution is 0.445. The van der Waals surface area contributed by atoms with Gasteiger partial charge in [0.25, 0.3) is 0 Å². The summed E-state index contributed by atoms with van der Waals surface area (Å²) in [6.07, 6.45) is 5.96. The van der Waals surface area contributed by atoms with Crippen LogP contribution in [0.25, 0.3) is 0 Å². The molecule has 1 aromatic carbocycles. The van der Waals surface area contributed by atoms with Gasteiger partial charge < -0.3 is 5.32 Å². The summed E-state index contributed by atoms with van der Waals surface area (Å²) in [5.41, 5.74) is 0.872. The molecule has 1 N–H and O–H groups in total. The molecule has 0 aliphatic rings. The molecule has 0 unspecified atom stereocenters. The van der Waals surface area contributed by atoms with E-state index in [9.17, 15) is 8.42 Å². The van der Waals surface area contributed by atoms with Gasteiger partial charge in [0.05, 0.1) is 11.6 Å². The van der Waals surface area contributed by atoms with E-state index in [4.69, 9.17) is 18.0 Å². The van der Waals surface area contributed by atoms with E-state index in [-0.39, 0.29) is 16.5 Å². The Hall–Kier alpha value is -1.06. The molecule has 0 amide bonds. The van der Waals surface area contributed by atoms with Crippen molar-refractivity contribution in [1.29, 1.82) is 0 Å². The van der Waals surface area contributed by atoms with Crippen LogP contribution in [-0.2, 0) is 16.6 Å². The fourth-order valence-corrected chi connectivity index (χ4v) is 3.87. The Balaban J connectivity index is 3.19. The molecular weight excluding hydrogens is 308 g/mol. The third-order valence-electron chi connectivity index (χ3n) is 2.93. The molecule has 0 heterocycles. The third-order valence-corrected chi connectivity index (χ3v) is 5.26. The van der Waals surface area contributed by atoms with Crippen molar-refractivity contribution in [2.75, 3.05) is 19.6 Å². The normalized spacial score (nSPS) is 11.6. The number of benzene rings is 1. The lowest BCUT2D eigenvalue weighted by Crippen LogP contribution is -2.32. The molecule has 0 bridgehead atoms. The minimum Gasteiger partial charge on any atom is -0.313 e. The second-order valence-electron chi connectivity index (χ2n) is 4.59. The molecule has 6 heteroatoms.